The van der Waals surface area contributed by atoms with Gasteiger partial charge in [-0.05, 0) is 66.2 Å². The van der Waals surface area contributed by atoms with Crippen LogP contribution in [-0.4, -0.2) is 4.57 Å². The second kappa shape index (κ2) is 9.75. The molecule has 53 heavy (non-hydrogen) atoms. The zero-order valence-corrected chi connectivity index (χ0v) is 28.0. The van der Waals surface area contributed by atoms with Gasteiger partial charge in [0.15, 0.2) is 0 Å². The van der Waals surface area contributed by atoms with Crippen molar-refractivity contribution in [2.24, 2.45) is 0 Å². The average molecular weight is 680 g/mol. The third-order valence-corrected chi connectivity index (χ3v) is 11.2. The lowest BCUT2D eigenvalue weighted by atomic mass is 10.0. The van der Waals surface area contributed by atoms with Gasteiger partial charge in [-0.3, -0.25) is 0 Å². The van der Waals surface area contributed by atoms with Crippen molar-refractivity contribution in [2.45, 2.75) is 0 Å². The van der Waals surface area contributed by atoms with E-state index in [1.54, 1.807) is 0 Å². The minimum Gasteiger partial charge on any atom is -0.456 e. The fourth-order valence-corrected chi connectivity index (χ4v) is 8.78. The molecule has 246 valence electrons. The lowest BCUT2D eigenvalue weighted by Gasteiger charge is -2.07. The number of hydrogen-bond acceptors (Lipinski definition) is 4. The van der Waals surface area contributed by atoms with Gasteiger partial charge in [-0.25, -0.2) is 0 Å². The number of para-hydroxylation sites is 4. The van der Waals surface area contributed by atoms with Gasteiger partial charge in [-0.15, -0.1) is 0 Å². The molecule has 5 aromatic heterocycles. The van der Waals surface area contributed by atoms with E-state index in [4.69, 9.17) is 17.7 Å². The van der Waals surface area contributed by atoms with Crippen LogP contribution in [0.25, 0.3) is 126 Å². The first kappa shape index (κ1) is 27.5. The van der Waals surface area contributed by atoms with E-state index in [2.05, 4.69) is 126 Å². The van der Waals surface area contributed by atoms with E-state index in [0.29, 0.717) is 0 Å². The van der Waals surface area contributed by atoms with Gasteiger partial charge in [0.1, 0.15) is 44.7 Å². The van der Waals surface area contributed by atoms with Crippen molar-refractivity contribution in [3.63, 3.8) is 0 Å². The third kappa shape index (κ3) is 3.65. The summed E-state index contributed by atoms with van der Waals surface area (Å²) < 4.78 is 28.2. The van der Waals surface area contributed by atoms with Crippen molar-refractivity contribution < 1.29 is 17.7 Å². The Kier molecular flexibility index (Phi) is 5.06. The molecule has 0 N–H and O–H groups in total. The molecule has 0 saturated heterocycles. The highest BCUT2D eigenvalue weighted by atomic mass is 16.3. The van der Waals surface area contributed by atoms with Crippen LogP contribution in [0.1, 0.15) is 0 Å². The maximum atomic E-state index is 6.64. The van der Waals surface area contributed by atoms with Gasteiger partial charge in [0.25, 0.3) is 0 Å². The lowest BCUT2D eigenvalue weighted by molar-refractivity contribution is 0.663. The van der Waals surface area contributed by atoms with Crippen LogP contribution in [-0.2, 0) is 0 Å². The molecule has 0 aliphatic heterocycles. The number of nitrogens with zero attached hydrogens (tertiary/aromatic N) is 1. The summed E-state index contributed by atoms with van der Waals surface area (Å²) in [5.74, 6) is 0. The molecule has 13 aromatic rings. The monoisotopic (exact) mass is 679 g/mol. The Bertz CT molecular complexity index is 3700. The second-order valence-electron chi connectivity index (χ2n) is 14.0. The summed E-state index contributed by atoms with van der Waals surface area (Å²) in [5.41, 5.74) is 12.2. The maximum absolute atomic E-state index is 6.64. The van der Waals surface area contributed by atoms with E-state index < -0.39 is 0 Å². The molecule has 0 bridgehead atoms. The second-order valence-corrected chi connectivity index (χ2v) is 14.0. The van der Waals surface area contributed by atoms with Crippen LogP contribution >= 0.6 is 0 Å². The van der Waals surface area contributed by atoms with Crippen LogP contribution in [0.5, 0.6) is 0 Å². The summed E-state index contributed by atoms with van der Waals surface area (Å²) in [7, 11) is 0. The number of hydrogen-bond donors (Lipinski definition) is 0. The van der Waals surface area contributed by atoms with Crippen LogP contribution in [0.2, 0.25) is 0 Å². The summed E-state index contributed by atoms with van der Waals surface area (Å²) in [6.45, 7) is 0. The van der Waals surface area contributed by atoms with Crippen molar-refractivity contribution in [2.75, 3.05) is 0 Å². The first-order valence-electron chi connectivity index (χ1n) is 17.8. The number of furan rings is 4. The molecule has 5 heterocycles. The van der Waals surface area contributed by atoms with Crippen molar-refractivity contribution in [3.8, 4) is 16.8 Å². The zero-order valence-electron chi connectivity index (χ0n) is 28.0. The third-order valence-electron chi connectivity index (χ3n) is 11.2. The molecule has 13 rings (SSSR count). The lowest BCUT2D eigenvalue weighted by Crippen LogP contribution is -1.93. The highest BCUT2D eigenvalue weighted by Gasteiger charge is 2.19. The molecule has 0 spiro atoms. The van der Waals surface area contributed by atoms with E-state index in [-0.39, 0.29) is 0 Å². The van der Waals surface area contributed by atoms with E-state index in [1.807, 2.05) is 30.3 Å². The molecule has 5 heteroatoms. The molecule has 0 aliphatic rings. The van der Waals surface area contributed by atoms with Crippen molar-refractivity contribution in [1.29, 1.82) is 0 Å². The minimum absolute atomic E-state index is 0.825. The first-order chi connectivity index (χ1) is 26.2. The van der Waals surface area contributed by atoms with Gasteiger partial charge >= 0.3 is 0 Å². The van der Waals surface area contributed by atoms with E-state index in [9.17, 15) is 0 Å². The number of fused-ring (bicyclic) bond motifs is 15. The molecule has 0 fully saturated rings. The normalized spacial score (nSPS) is 12.5. The molecule has 0 aliphatic carbocycles. The quantitative estimate of drug-likeness (QED) is 0.182. The maximum Gasteiger partial charge on any atom is 0.143 e. The fourth-order valence-electron chi connectivity index (χ4n) is 8.78. The predicted octanol–water partition coefficient (Wildman–Crippen LogP) is 14.0. The Morgan fingerprint density at radius 2 is 0.868 bits per heavy atom. The Hall–Kier alpha value is -7.24. The first-order valence-corrected chi connectivity index (χ1v) is 17.8. The van der Waals surface area contributed by atoms with E-state index in [0.717, 1.165) is 116 Å². The molecule has 0 saturated carbocycles. The molecule has 5 nitrogen and oxygen atoms in total. The fraction of sp³-hybridized carbons (Fsp3) is 0. The predicted molar refractivity (Wildman–Crippen MR) is 215 cm³/mol. The molecule has 0 unspecified atom stereocenters. The van der Waals surface area contributed by atoms with Gasteiger partial charge in [-0.2, -0.15) is 0 Å². The van der Waals surface area contributed by atoms with Gasteiger partial charge in [0, 0.05) is 77.2 Å². The van der Waals surface area contributed by atoms with Crippen molar-refractivity contribution in [3.05, 3.63) is 152 Å². The highest BCUT2D eigenvalue weighted by molar-refractivity contribution is 6.19. The van der Waals surface area contributed by atoms with Gasteiger partial charge in [0.05, 0.1) is 11.0 Å². The molecular weight excluding hydrogens is 655 g/mol. The van der Waals surface area contributed by atoms with E-state index >= 15 is 0 Å². The van der Waals surface area contributed by atoms with Gasteiger partial charge < -0.3 is 22.2 Å². The number of aromatic nitrogens is 1. The van der Waals surface area contributed by atoms with Crippen molar-refractivity contribution >= 4 is 110 Å². The number of rotatable bonds is 2. The molecule has 0 atom stereocenters. The average Bonchev–Trinajstić information content (AvgIpc) is 4.00. The Balaban J connectivity index is 0.964. The smallest absolute Gasteiger partial charge is 0.143 e. The van der Waals surface area contributed by atoms with Crippen LogP contribution in [0.4, 0.5) is 0 Å². The SMILES string of the molecule is c1ccc2c(c1)oc1cc3c(cc12)c1ccccc1n3-c1ccc2c(c1)oc1cc3c(cc12)oc1cc(-c2cccc4c2oc2ccccc24)ccc13. The molecule has 8 aromatic carbocycles. The largest absolute Gasteiger partial charge is 0.456 e. The topological polar surface area (TPSA) is 57.5 Å². The Morgan fingerprint density at radius 3 is 1.68 bits per heavy atom. The van der Waals surface area contributed by atoms with Crippen molar-refractivity contribution in [1.82, 2.24) is 4.57 Å². The summed E-state index contributed by atoms with van der Waals surface area (Å²) in [6, 6.07) is 52.9. The van der Waals surface area contributed by atoms with Crippen LogP contribution in [0.3, 0.4) is 0 Å². The van der Waals surface area contributed by atoms with Crippen LogP contribution in [0.15, 0.2) is 169 Å². The standard InChI is InChI=1S/C48H25NO4/c1-4-13-39-29(8-1)35-22-36-31-10-3-5-14-41(31)50-47(36)25-40(35)49(39)27-17-19-33-38-24-45-37(23-46(38)52-44(33)21-27)32-18-16-26(20-43(32)51-45)28-11-7-12-34-30-9-2-6-15-42(30)53-48(28)34/h1-25H. The Morgan fingerprint density at radius 1 is 0.302 bits per heavy atom. The number of benzene rings is 8. The summed E-state index contributed by atoms with van der Waals surface area (Å²) in [6.07, 6.45) is 0. The highest BCUT2D eigenvalue weighted by Crippen LogP contribution is 2.42. The molecule has 0 radical (unpaired) electrons. The van der Waals surface area contributed by atoms with Crippen LogP contribution in [0, 0.1) is 0 Å². The molecule has 0 amide bonds. The van der Waals surface area contributed by atoms with Crippen LogP contribution < -0.4 is 0 Å². The minimum atomic E-state index is 0.825. The van der Waals surface area contributed by atoms with Gasteiger partial charge in [-0.1, -0.05) is 78.9 Å². The summed E-state index contributed by atoms with van der Waals surface area (Å²) in [5, 5.41) is 11.0. The zero-order chi connectivity index (χ0) is 34.4. The summed E-state index contributed by atoms with van der Waals surface area (Å²) >= 11 is 0. The molecular formula is C48H25NO4. The van der Waals surface area contributed by atoms with E-state index in [1.165, 1.54) is 10.8 Å². The Labute approximate surface area is 299 Å². The van der Waals surface area contributed by atoms with Gasteiger partial charge in [0.2, 0.25) is 0 Å². The summed E-state index contributed by atoms with van der Waals surface area (Å²) in [4.78, 5) is 0.